The van der Waals surface area contributed by atoms with Gasteiger partial charge in [0, 0.05) is 5.69 Å². The summed E-state index contributed by atoms with van der Waals surface area (Å²) in [5.41, 5.74) is 3.75. The molecule has 2 aromatic carbocycles. The Balaban J connectivity index is 1.82. The molecule has 2 fully saturated rings. The zero-order valence-corrected chi connectivity index (χ0v) is 16.3. The first-order chi connectivity index (χ1) is 13.0. The summed E-state index contributed by atoms with van der Waals surface area (Å²) in [6.45, 7) is 3.93. The maximum Gasteiger partial charge on any atom is 0.259 e. The molecule has 0 N–H and O–H groups in total. The molecule has 1 aliphatic heterocycles. The zero-order valence-electron chi connectivity index (χ0n) is 15.5. The van der Waals surface area contributed by atoms with Gasteiger partial charge in [-0.05, 0) is 74.8 Å². The van der Waals surface area contributed by atoms with Crippen LogP contribution in [0.15, 0.2) is 42.5 Å². The molecule has 136 valence electrons. The lowest BCUT2D eigenvalue weighted by Crippen LogP contribution is -2.47. The third-order valence-corrected chi connectivity index (χ3v) is 6.09. The molecule has 1 saturated carbocycles. The summed E-state index contributed by atoms with van der Waals surface area (Å²) in [4.78, 5) is 17.3. The van der Waals surface area contributed by atoms with Gasteiger partial charge >= 0.3 is 0 Å². The zero-order chi connectivity index (χ0) is 19.2. The molecule has 4 rings (SSSR count). The third kappa shape index (κ3) is 2.64. The van der Waals surface area contributed by atoms with Crippen LogP contribution in [-0.2, 0) is 4.79 Å². The molecule has 0 unspecified atom stereocenters. The second kappa shape index (κ2) is 6.47. The molecule has 1 spiro atoms. The number of aryl methyl sites for hydroxylation is 2. The molecule has 1 heterocycles. The first kappa shape index (κ1) is 17.7. The van der Waals surface area contributed by atoms with Gasteiger partial charge in [0.25, 0.3) is 5.91 Å². The van der Waals surface area contributed by atoms with Crippen LogP contribution in [0.1, 0.15) is 42.4 Å². The standard InChI is InChI=1S/C22H21N3OS/c1-15-5-8-18(9-6-15)25-21(27)24(20(26)22(25)11-3-4-12-22)19-10-7-17(14-23)16(2)13-19/h5-10,13H,3-4,11-12H2,1-2H3. The van der Waals surface area contributed by atoms with Crippen LogP contribution >= 0.6 is 12.2 Å². The molecular formula is C22H21N3OS. The van der Waals surface area contributed by atoms with Gasteiger partial charge in [0.2, 0.25) is 0 Å². The van der Waals surface area contributed by atoms with Crippen molar-refractivity contribution in [3.63, 3.8) is 0 Å². The van der Waals surface area contributed by atoms with E-state index in [2.05, 4.69) is 30.0 Å². The summed E-state index contributed by atoms with van der Waals surface area (Å²) in [6.07, 6.45) is 3.67. The second-order valence-corrected chi connectivity index (χ2v) is 7.81. The number of anilines is 2. The molecule has 1 amide bonds. The van der Waals surface area contributed by atoms with Crippen molar-refractivity contribution in [3.05, 3.63) is 59.2 Å². The van der Waals surface area contributed by atoms with Crippen LogP contribution in [0.3, 0.4) is 0 Å². The minimum absolute atomic E-state index is 0.0506. The van der Waals surface area contributed by atoms with Gasteiger partial charge < -0.3 is 4.90 Å². The van der Waals surface area contributed by atoms with Gasteiger partial charge in [0.1, 0.15) is 5.54 Å². The Morgan fingerprint density at radius 1 is 1.04 bits per heavy atom. The topological polar surface area (TPSA) is 47.3 Å². The van der Waals surface area contributed by atoms with Crippen molar-refractivity contribution in [3.8, 4) is 6.07 Å². The highest BCUT2D eigenvalue weighted by molar-refractivity contribution is 7.81. The molecule has 0 radical (unpaired) electrons. The van der Waals surface area contributed by atoms with E-state index in [0.717, 1.165) is 42.6 Å². The summed E-state index contributed by atoms with van der Waals surface area (Å²) in [5.74, 6) is 0.0506. The molecule has 27 heavy (non-hydrogen) atoms. The molecule has 1 aliphatic carbocycles. The first-order valence-electron chi connectivity index (χ1n) is 9.24. The van der Waals surface area contributed by atoms with Gasteiger partial charge in [-0.25, -0.2) is 0 Å². The highest BCUT2D eigenvalue weighted by Gasteiger charge is 2.57. The molecule has 5 heteroatoms. The normalized spacial score (nSPS) is 18.4. The van der Waals surface area contributed by atoms with Crippen molar-refractivity contribution in [1.82, 2.24) is 0 Å². The van der Waals surface area contributed by atoms with E-state index < -0.39 is 5.54 Å². The molecule has 1 saturated heterocycles. The Labute approximate surface area is 165 Å². The minimum atomic E-state index is -0.589. The van der Waals surface area contributed by atoms with Gasteiger partial charge in [-0.1, -0.05) is 30.5 Å². The van der Waals surface area contributed by atoms with Gasteiger partial charge in [-0.15, -0.1) is 0 Å². The minimum Gasteiger partial charge on any atom is -0.303 e. The number of hydrogen-bond acceptors (Lipinski definition) is 3. The van der Waals surface area contributed by atoms with Crippen molar-refractivity contribution in [2.24, 2.45) is 0 Å². The molecule has 4 nitrogen and oxygen atoms in total. The summed E-state index contributed by atoms with van der Waals surface area (Å²) in [5, 5.41) is 9.72. The van der Waals surface area contributed by atoms with E-state index in [1.165, 1.54) is 5.56 Å². The number of thiocarbonyl (C=S) groups is 1. The van der Waals surface area contributed by atoms with Gasteiger partial charge in [0.05, 0.1) is 17.3 Å². The average molecular weight is 375 g/mol. The van der Waals surface area contributed by atoms with Crippen LogP contribution in [0.4, 0.5) is 11.4 Å². The molecule has 0 atom stereocenters. The molecule has 0 bridgehead atoms. The largest absolute Gasteiger partial charge is 0.303 e. The van der Waals surface area contributed by atoms with Gasteiger partial charge in [-0.2, -0.15) is 5.26 Å². The number of nitrogens with zero attached hydrogens (tertiary/aromatic N) is 3. The molecule has 2 aliphatic rings. The van der Waals surface area contributed by atoms with E-state index >= 15 is 0 Å². The fourth-order valence-electron chi connectivity index (χ4n) is 4.26. The van der Waals surface area contributed by atoms with Crippen LogP contribution in [0, 0.1) is 25.2 Å². The number of hydrogen-bond donors (Lipinski definition) is 0. The van der Waals surface area contributed by atoms with Crippen LogP contribution < -0.4 is 9.80 Å². The highest BCUT2D eigenvalue weighted by Crippen LogP contribution is 2.46. The maximum absolute atomic E-state index is 13.6. The number of carbonyl (C=O) groups is 1. The predicted octanol–water partition coefficient (Wildman–Crippen LogP) is 4.63. The quantitative estimate of drug-likeness (QED) is 0.718. The van der Waals surface area contributed by atoms with E-state index in [9.17, 15) is 10.1 Å². The van der Waals surface area contributed by atoms with E-state index in [4.69, 9.17) is 12.2 Å². The van der Waals surface area contributed by atoms with Crippen molar-refractivity contribution < 1.29 is 4.79 Å². The van der Waals surface area contributed by atoms with Crippen LogP contribution in [0.5, 0.6) is 0 Å². The van der Waals surface area contributed by atoms with Gasteiger partial charge in [0.15, 0.2) is 5.11 Å². The number of nitriles is 1. The predicted molar refractivity (Wildman–Crippen MR) is 111 cm³/mol. The van der Waals surface area contributed by atoms with Crippen LogP contribution in [0.2, 0.25) is 0 Å². The average Bonchev–Trinajstić information content (AvgIpc) is 3.21. The Bertz CT molecular complexity index is 968. The Morgan fingerprint density at radius 3 is 2.26 bits per heavy atom. The lowest BCUT2D eigenvalue weighted by atomic mass is 9.94. The Kier molecular flexibility index (Phi) is 4.24. The number of benzene rings is 2. The van der Waals surface area contributed by atoms with Crippen molar-refractivity contribution in [1.29, 1.82) is 5.26 Å². The van der Waals surface area contributed by atoms with Crippen molar-refractivity contribution >= 4 is 34.6 Å². The summed E-state index contributed by atoms with van der Waals surface area (Å²) >= 11 is 5.82. The van der Waals surface area contributed by atoms with E-state index in [0.29, 0.717) is 10.7 Å². The molecule has 0 aromatic heterocycles. The maximum atomic E-state index is 13.6. The summed E-state index contributed by atoms with van der Waals surface area (Å²) in [6, 6.07) is 15.8. The number of amides is 1. The van der Waals surface area contributed by atoms with Crippen molar-refractivity contribution in [2.45, 2.75) is 45.1 Å². The number of rotatable bonds is 2. The monoisotopic (exact) mass is 375 g/mol. The van der Waals surface area contributed by atoms with E-state index in [1.54, 1.807) is 11.0 Å². The van der Waals surface area contributed by atoms with E-state index in [1.807, 2.05) is 31.2 Å². The Morgan fingerprint density at radius 2 is 1.67 bits per heavy atom. The number of carbonyl (C=O) groups excluding carboxylic acids is 1. The summed E-state index contributed by atoms with van der Waals surface area (Å²) in [7, 11) is 0. The lowest BCUT2D eigenvalue weighted by Gasteiger charge is -2.32. The smallest absolute Gasteiger partial charge is 0.259 e. The fraction of sp³-hybridized carbons (Fsp3) is 0.318. The molecular weight excluding hydrogens is 354 g/mol. The lowest BCUT2D eigenvalue weighted by molar-refractivity contribution is -0.121. The third-order valence-electron chi connectivity index (χ3n) is 5.72. The van der Waals surface area contributed by atoms with E-state index in [-0.39, 0.29) is 5.91 Å². The van der Waals surface area contributed by atoms with Crippen LogP contribution in [0.25, 0.3) is 0 Å². The first-order valence-corrected chi connectivity index (χ1v) is 9.65. The summed E-state index contributed by atoms with van der Waals surface area (Å²) < 4.78 is 0. The van der Waals surface area contributed by atoms with Gasteiger partial charge in [-0.3, -0.25) is 9.69 Å². The fourth-order valence-corrected chi connectivity index (χ4v) is 4.73. The highest BCUT2D eigenvalue weighted by atomic mass is 32.1. The SMILES string of the molecule is Cc1ccc(N2C(=S)N(c3ccc(C#N)c(C)c3)C(=O)C23CCCC3)cc1. The second-order valence-electron chi connectivity index (χ2n) is 7.44. The van der Waals surface area contributed by atoms with Crippen molar-refractivity contribution in [2.75, 3.05) is 9.80 Å². The Hall–Kier alpha value is -2.71. The molecule has 2 aromatic rings. The van der Waals surface area contributed by atoms with Crippen LogP contribution in [-0.4, -0.2) is 16.6 Å².